The highest BCUT2D eigenvalue weighted by atomic mass is 16.2. The van der Waals surface area contributed by atoms with Gasteiger partial charge in [0, 0.05) is 12.6 Å². The minimum Gasteiger partial charge on any atom is -0.368 e. The molecule has 1 fully saturated rings. The van der Waals surface area contributed by atoms with Crippen LogP contribution >= 0.6 is 0 Å². The summed E-state index contributed by atoms with van der Waals surface area (Å²) in [5.74, 6) is -0.472. The van der Waals surface area contributed by atoms with Gasteiger partial charge in [-0.05, 0) is 19.8 Å². The van der Waals surface area contributed by atoms with Gasteiger partial charge in [0.25, 0.3) is 0 Å². The standard InChI is InChI=1S/C11H21N3O2/c1-2-14(8-10(12)15)11(16)13-9-6-4-3-5-7-9/h9H,2-8H2,1H3,(H2,12,15)(H,13,16). The van der Waals surface area contributed by atoms with E-state index in [1.807, 2.05) is 6.92 Å². The molecule has 1 aliphatic rings. The van der Waals surface area contributed by atoms with Gasteiger partial charge in [-0.1, -0.05) is 19.3 Å². The molecule has 16 heavy (non-hydrogen) atoms. The lowest BCUT2D eigenvalue weighted by Crippen LogP contribution is -2.48. The molecule has 3 N–H and O–H groups in total. The molecule has 0 radical (unpaired) electrons. The number of rotatable bonds is 4. The normalized spacial score (nSPS) is 16.8. The zero-order valence-electron chi connectivity index (χ0n) is 9.87. The van der Waals surface area contributed by atoms with E-state index in [0.29, 0.717) is 6.54 Å². The van der Waals surface area contributed by atoms with E-state index in [4.69, 9.17) is 5.73 Å². The van der Waals surface area contributed by atoms with E-state index in [1.54, 1.807) is 0 Å². The third-order valence-electron chi connectivity index (χ3n) is 2.95. The fraction of sp³-hybridized carbons (Fsp3) is 0.818. The fourth-order valence-corrected chi connectivity index (χ4v) is 2.03. The number of likely N-dealkylation sites (N-methyl/N-ethyl adjacent to an activating group) is 1. The lowest BCUT2D eigenvalue weighted by Gasteiger charge is -2.27. The monoisotopic (exact) mass is 227 g/mol. The highest BCUT2D eigenvalue weighted by Crippen LogP contribution is 2.17. The second-order valence-electron chi connectivity index (χ2n) is 4.26. The molecule has 0 unspecified atom stereocenters. The van der Waals surface area contributed by atoms with Gasteiger partial charge in [0.1, 0.15) is 6.54 Å². The summed E-state index contributed by atoms with van der Waals surface area (Å²) in [5.41, 5.74) is 5.08. The third-order valence-corrected chi connectivity index (χ3v) is 2.95. The van der Waals surface area contributed by atoms with Crippen molar-refractivity contribution in [3.8, 4) is 0 Å². The lowest BCUT2D eigenvalue weighted by atomic mass is 9.96. The molecule has 1 saturated carbocycles. The van der Waals surface area contributed by atoms with Crippen molar-refractivity contribution in [3.05, 3.63) is 0 Å². The summed E-state index contributed by atoms with van der Waals surface area (Å²) in [5, 5.41) is 2.95. The second kappa shape index (κ2) is 6.35. The minimum atomic E-state index is -0.472. The van der Waals surface area contributed by atoms with Gasteiger partial charge >= 0.3 is 6.03 Å². The third kappa shape index (κ3) is 4.08. The number of urea groups is 1. The van der Waals surface area contributed by atoms with Crippen LogP contribution < -0.4 is 11.1 Å². The summed E-state index contributed by atoms with van der Waals surface area (Å²) in [6.45, 7) is 2.33. The molecule has 5 nitrogen and oxygen atoms in total. The van der Waals surface area contributed by atoms with Gasteiger partial charge in [0.05, 0.1) is 0 Å². The van der Waals surface area contributed by atoms with E-state index >= 15 is 0 Å². The number of carbonyl (C=O) groups excluding carboxylic acids is 2. The van der Waals surface area contributed by atoms with Gasteiger partial charge in [-0.3, -0.25) is 4.79 Å². The Labute approximate surface area is 96.4 Å². The summed E-state index contributed by atoms with van der Waals surface area (Å²) in [6, 6.07) is 0.0939. The van der Waals surface area contributed by atoms with Gasteiger partial charge in [0.2, 0.25) is 5.91 Å². The molecule has 0 atom stereocenters. The average Bonchev–Trinajstić information content (AvgIpc) is 2.26. The minimum absolute atomic E-state index is 0.00491. The Bertz CT molecular complexity index is 250. The van der Waals surface area contributed by atoms with Crippen molar-refractivity contribution >= 4 is 11.9 Å². The molecular weight excluding hydrogens is 206 g/mol. The van der Waals surface area contributed by atoms with Gasteiger partial charge in [-0.2, -0.15) is 0 Å². The maximum atomic E-state index is 11.8. The molecule has 0 aromatic carbocycles. The van der Waals surface area contributed by atoms with Crippen molar-refractivity contribution in [1.82, 2.24) is 10.2 Å². The number of hydrogen-bond donors (Lipinski definition) is 2. The molecule has 0 aromatic heterocycles. The van der Waals surface area contributed by atoms with E-state index in [1.165, 1.54) is 24.2 Å². The first-order valence-electron chi connectivity index (χ1n) is 5.97. The highest BCUT2D eigenvalue weighted by molar-refractivity contribution is 5.83. The molecule has 0 saturated heterocycles. The highest BCUT2D eigenvalue weighted by Gasteiger charge is 2.19. The van der Waals surface area contributed by atoms with Crippen molar-refractivity contribution in [3.63, 3.8) is 0 Å². The maximum Gasteiger partial charge on any atom is 0.318 e. The van der Waals surface area contributed by atoms with Gasteiger partial charge < -0.3 is 16.0 Å². The first-order valence-corrected chi connectivity index (χ1v) is 5.97. The van der Waals surface area contributed by atoms with Crippen molar-refractivity contribution in [2.24, 2.45) is 5.73 Å². The first kappa shape index (κ1) is 12.8. The van der Waals surface area contributed by atoms with Crippen LogP contribution in [0.3, 0.4) is 0 Å². The number of nitrogens with two attached hydrogens (primary N) is 1. The Morgan fingerprint density at radius 3 is 2.44 bits per heavy atom. The Balaban J connectivity index is 2.38. The number of nitrogens with zero attached hydrogens (tertiary/aromatic N) is 1. The quantitative estimate of drug-likeness (QED) is 0.746. The molecule has 5 heteroatoms. The van der Waals surface area contributed by atoms with Crippen LogP contribution in [0.15, 0.2) is 0 Å². The first-order chi connectivity index (χ1) is 7.63. The summed E-state index contributed by atoms with van der Waals surface area (Å²) in [6.07, 6.45) is 5.69. The molecule has 3 amide bonds. The number of carbonyl (C=O) groups is 2. The van der Waals surface area contributed by atoms with Crippen molar-refractivity contribution in [2.45, 2.75) is 45.1 Å². The second-order valence-corrected chi connectivity index (χ2v) is 4.26. The predicted octanol–water partition coefficient (Wildman–Crippen LogP) is 0.836. The molecular formula is C11H21N3O2. The Morgan fingerprint density at radius 2 is 1.94 bits per heavy atom. The number of amides is 3. The molecule has 1 aliphatic carbocycles. The van der Waals surface area contributed by atoms with E-state index < -0.39 is 5.91 Å². The zero-order valence-corrected chi connectivity index (χ0v) is 9.87. The van der Waals surface area contributed by atoms with Gasteiger partial charge in [0.15, 0.2) is 0 Å². The molecule has 0 heterocycles. The van der Waals surface area contributed by atoms with Crippen molar-refractivity contribution in [2.75, 3.05) is 13.1 Å². The van der Waals surface area contributed by atoms with Crippen molar-refractivity contribution < 1.29 is 9.59 Å². The topological polar surface area (TPSA) is 75.4 Å². The molecule has 0 aliphatic heterocycles. The molecule has 1 rings (SSSR count). The zero-order chi connectivity index (χ0) is 12.0. The van der Waals surface area contributed by atoms with Gasteiger partial charge in [-0.15, -0.1) is 0 Å². The van der Waals surface area contributed by atoms with Crippen LogP contribution in [-0.2, 0) is 4.79 Å². The smallest absolute Gasteiger partial charge is 0.318 e. The van der Waals surface area contributed by atoms with Crippen LogP contribution in [0, 0.1) is 0 Å². The molecule has 0 aromatic rings. The Morgan fingerprint density at radius 1 is 1.31 bits per heavy atom. The molecule has 0 bridgehead atoms. The average molecular weight is 227 g/mol. The molecule has 92 valence electrons. The van der Waals surface area contributed by atoms with E-state index in [2.05, 4.69) is 5.32 Å². The SMILES string of the molecule is CCN(CC(N)=O)C(=O)NC1CCCCC1. The number of primary amides is 1. The largest absolute Gasteiger partial charge is 0.368 e. The lowest BCUT2D eigenvalue weighted by molar-refractivity contribution is -0.118. The summed E-state index contributed by atoms with van der Waals surface area (Å²) in [7, 11) is 0. The van der Waals surface area contributed by atoms with Gasteiger partial charge in [-0.25, -0.2) is 4.79 Å². The summed E-state index contributed by atoms with van der Waals surface area (Å²) < 4.78 is 0. The van der Waals surface area contributed by atoms with Crippen LogP contribution in [0.4, 0.5) is 4.79 Å². The van der Waals surface area contributed by atoms with Crippen LogP contribution in [0.1, 0.15) is 39.0 Å². The van der Waals surface area contributed by atoms with Crippen LogP contribution in [-0.4, -0.2) is 36.0 Å². The van der Waals surface area contributed by atoms with Crippen LogP contribution in [0.25, 0.3) is 0 Å². The number of hydrogen-bond acceptors (Lipinski definition) is 2. The number of nitrogens with one attached hydrogen (secondary N) is 1. The van der Waals surface area contributed by atoms with E-state index in [9.17, 15) is 9.59 Å². The van der Waals surface area contributed by atoms with E-state index in [-0.39, 0.29) is 18.6 Å². The summed E-state index contributed by atoms with van der Waals surface area (Å²) in [4.78, 5) is 24.0. The van der Waals surface area contributed by atoms with Crippen LogP contribution in [0.2, 0.25) is 0 Å². The molecule has 0 spiro atoms. The van der Waals surface area contributed by atoms with Crippen molar-refractivity contribution in [1.29, 1.82) is 0 Å². The Hall–Kier alpha value is -1.26. The fourth-order valence-electron chi connectivity index (χ4n) is 2.03. The Kier molecular flexibility index (Phi) is 5.08. The summed E-state index contributed by atoms with van der Waals surface area (Å²) >= 11 is 0. The predicted molar refractivity (Wildman–Crippen MR) is 61.8 cm³/mol. The van der Waals surface area contributed by atoms with Crippen LogP contribution in [0.5, 0.6) is 0 Å². The van der Waals surface area contributed by atoms with E-state index in [0.717, 1.165) is 12.8 Å². The maximum absolute atomic E-state index is 11.8.